The summed E-state index contributed by atoms with van der Waals surface area (Å²) in [6.45, 7) is 6.82. The van der Waals surface area contributed by atoms with E-state index < -0.39 is 5.60 Å². The van der Waals surface area contributed by atoms with E-state index in [1.807, 2.05) is 0 Å². The highest BCUT2D eigenvalue weighted by molar-refractivity contribution is 5.14. The van der Waals surface area contributed by atoms with Gasteiger partial charge in [-0.2, -0.15) is 0 Å². The smallest absolute Gasteiger partial charge is 0.0830 e. The molecule has 0 spiro atoms. The highest BCUT2D eigenvalue weighted by atomic mass is 16.3. The molecule has 0 heterocycles. The molecule has 4 aliphatic rings. The minimum Gasteiger partial charge on any atom is -0.395 e. The molecule has 0 aromatic heterocycles. The Morgan fingerprint density at radius 2 is 1.54 bits per heavy atom. The zero-order valence-corrected chi connectivity index (χ0v) is 18.2. The predicted octanol–water partition coefficient (Wildman–Crippen LogP) is 3.44. The van der Waals surface area contributed by atoms with Crippen LogP contribution >= 0.6 is 0 Å². The highest BCUT2D eigenvalue weighted by Crippen LogP contribution is 2.68. The van der Waals surface area contributed by atoms with Gasteiger partial charge in [-0.05, 0) is 80.5 Å². The fourth-order valence-corrected chi connectivity index (χ4v) is 8.59. The fraction of sp³-hybridized carbons (Fsp3) is 1.00. The van der Waals surface area contributed by atoms with Crippen molar-refractivity contribution in [2.24, 2.45) is 34.5 Å². The van der Waals surface area contributed by atoms with Crippen LogP contribution < -0.4 is 0 Å². The van der Waals surface area contributed by atoms with Gasteiger partial charge >= 0.3 is 0 Å². The largest absolute Gasteiger partial charge is 0.395 e. The van der Waals surface area contributed by atoms with Crippen LogP contribution in [0, 0.1) is 34.5 Å². The van der Waals surface area contributed by atoms with Crippen LogP contribution in [0.2, 0.25) is 0 Å². The van der Waals surface area contributed by atoms with Gasteiger partial charge in [0.1, 0.15) is 0 Å². The van der Waals surface area contributed by atoms with Crippen molar-refractivity contribution < 1.29 is 15.3 Å². The van der Waals surface area contributed by atoms with Crippen LogP contribution in [-0.2, 0) is 0 Å². The average molecular weight is 394 g/mol. The molecule has 0 aliphatic heterocycles. The van der Waals surface area contributed by atoms with Crippen molar-refractivity contribution in [2.75, 3.05) is 32.8 Å². The summed E-state index contributed by atoms with van der Waals surface area (Å²) < 4.78 is 0. The first-order chi connectivity index (χ1) is 13.4. The van der Waals surface area contributed by atoms with E-state index in [9.17, 15) is 15.3 Å². The van der Waals surface area contributed by atoms with Crippen LogP contribution in [0.4, 0.5) is 0 Å². The van der Waals surface area contributed by atoms with Gasteiger partial charge in [-0.25, -0.2) is 0 Å². The maximum atomic E-state index is 11.9. The molecule has 4 aliphatic carbocycles. The molecule has 0 radical (unpaired) electrons. The Balaban J connectivity index is 1.54. The molecule has 0 amide bonds. The van der Waals surface area contributed by atoms with Gasteiger partial charge in [0, 0.05) is 25.0 Å². The van der Waals surface area contributed by atoms with Gasteiger partial charge in [-0.15, -0.1) is 0 Å². The second kappa shape index (κ2) is 7.83. The Morgan fingerprint density at radius 3 is 2.25 bits per heavy atom. The number of aliphatic hydroxyl groups is 3. The second-order valence-electron chi connectivity index (χ2n) is 11.2. The molecule has 162 valence electrons. The number of fused-ring (bicyclic) bond motifs is 5. The lowest BCUT2D eigenvalue weighted by atomic mass is 9.44. The minimum absolute atomic E-state index is 0.0187. The van der Waals surface area contributed by atoms with Crippen molar-refractivity contribution in [2.45, 2.75) is 83.7 Å². The predicted molar refractivity (Wildman–Crippen MR) is 112 cm³/mol. The van der Waals surface area contributed by atoms with Gasteiger partial charge in [0.05, 0.1) is 18.8 Å². The van der Waals surface area contributed by atoms with Crippen molar-refractivity contribution in [3.63, 3.8) is 0 Å². The third-order valence-electron chi connectivity index (χ3n) is 10.2. The van der Waals surface area contributed by atoms with Gasteiger partial charge in [0.15, 0.2) is 0 Å². The lowest BCUT2D eigenvalue weighted by Gasteiger charge is -2.61. The van der Waals surface area contributed by atoms with Gasteiger partial charge in [-0.3, -0.25) is 4.90 Å². The second-order valence-corrected chi connectivity index (χ2v) is 11.2. The number of nitrogens with zero attached hydrogens (tertiary/aromatic N) is 1. The Bertz CT molecular complexity index is 550. The summed E-state index contributed by atoms with van der Waals surface area (Å²) in [7, 11) is 0. The summed E-state index contributed by atoms with van der Waals surface area (Å²) in [6.07, 6.45) is 13.0. The van der Waals surface area contributed by atoms with E-state index in [2.05, 4.69) is 18.7 Å². The molecule has 4 saturated carbocycles. The first kappa shape index (κ1) is 21.1. The molecule has 0 bridgehead atoms. The van der Waals surface area contributed by atoms with E-state index in [0.29, 0.717) is 31.0 Å². The van der Waals surface area contributed by atoms with E-state index in [1.165, 1.54) is 44.9 Å². The van der Waals surface area contributed by atoms with Crippen molar-refractivity contribution in [3.05, 3.63) is 0 Å². The Labute approximate surface area is 171 Å². The van der Waals surface area contributed by atoms with E-state index in [1.54, 1.807) is 0 Å². The number of rotatable bonds is 6. The molecule has 28 heavy (non-hydrogen) atoms. The molecule has 0 unspecified atom stereocenters. The van der Waals surface area contributed by atoms with Crippen LogP contribution in [0.3, 0.4) is 0 Å². The molecule has 0 aromatic carbocycles. The van der Waals surface area contributed by atoms with Crippen LogP contribution in [-0.4, -0.2) is 58.7 Å². The number of hydrogen-bond donors (Lipinski definition) is 3. The number of aliphatic hydroxyl groups excluding tert-OH is 2. The van der Waals surface area contributed by atoms with E-state index in [0.717, 1.165) is 37.0 Å². The van der Waals surface area contributed by atoms with Crippen molar-refractivity contribution in [3.8, 4) is 0 Å². The first-order valence-electron chi connectivity index (χ1n) is 12.0. The lowest BCUT2D eigenvalue weighted by Crippen LogP contribution is -2.59. The topological polar surface area (TPSA) is 63.9 Å². The third kappa shape index (κ3) is 3.18. The Kier molecular flexibility index (Phi) is 5.90. The summed E-state index contributed by atoms with van der Waals surface area (Å²) in [4.78, 5) is 2.07. The molecule has 3 N–H and O–H groups in total. The molecular formula is C24H43NO3. The van der Waals surface area contributed by atoms with Gasteiger partial charge in [0.2, 0.25) is 0 Å². The maximum absolute atomic E-state index is 11.9. The summed E-state index contributed by atoms with van der Waals surface area (Å²) in [6, 6.07) is 0. The van der Waals surface area contributed by atoms with Crippen molar-refractivity contribution in [1.29, 1.82) is 0 Å². The molecule has 0 aromatic rings. The van der Waals surface area contributed by atoms with Crippen LogP contribution in [0.1, 0.15) is 78.1 Å². The van der Waals surface area contributed by atoms with Gasteiger partial charge in [-0.1, -0.05) is 26.7 Å². The van der Waals surface area contributed by atoms with Crippen LogP contribution in [0.5, 0.6) is 0 Å². The first-order valence-corrected chi connectivity index (χ1v) is 12.0. The highest BCUT2D eigenvalue weighted by Gasteiger charge is 2.64. The third-order valence-corrected chi connectivity index (χ3v) is 10.2. The Hall–Kier alpha value is -0.160. The molecule has 4 heteroatoms. The summed E-state index contributed by atoms with van der Waals surface area (Å²) in [5.41, 5.74) is -0.157. The van der Waals surface area contributed by atoms with Crippen LogP contribution in [0.25, 0.3) is 0 Å². The van der Waals surface area contributed by atoms with Gasteiger partial charge < -0.3 is 15.3 Å². The molecule has 4 rings (SSSR count). The molecular weight excluding hydrogens is 350 g/mol. The molecule has 0 saturated heterocycles. The van der Waals surface area contributed by atoms with Crippen molar-refractivity contribution >= 4 is 0 Å². The van der Waals surface area contributed by atoms with Crippen molar-refractivity contribution in [1.82, 2.24) is 4.90 Å². The quantitative estimate of drug-likeness (QED) is 0.647. The molecule has 4 nitrogen and oxygen atoms in total. The van der Waals surface area contributed by atoms with Gasteiger partial charge in [0.25, 0.3) is 0 Å². The lowest BCUT2D eigenvalue weighted by molar-refractivity contribution is -0.158. The normalized spacial score (nSPS) is 48.2. The van der Waals surface area contributed by atoms with E-state index >= 15 is 0 Å². The Morgan fingerprint density at radius 1 is 0.821 bits per heavy atom. The summed E-state index contributed by atoms with van der Waals surface area (Å²) in [5.74, 6) is 3.23. The average Bonchev–Trinajstić information content (AvgIpc) is 2.93. The maximum Gasteiger partial charge on any atom is 0.0830 e. The minimum atomic E-state index is -0.683. The molecule has 7 atom stereocenters. The zero-order chi connectivity index (χ0) is 20.0. The summed E-state index contributed by atoms with van der Waals surface area (Å²) >= 11 is 0. The molecule has 4 fully saturated rings. The zero-order valence-electron chi connectivity index (χ0n) is 18.2. The van der Waals surface area contributed by atoms with Crippen LogP contribution in [0.15, 0.2) is 0 Å². The van der Waals surface area contributed by atoms with E-state index in [-0.39, 0.29) is 18.6 Å². The number of hydrogen-bond acceptors (Lipinski definition) is 4. The standard InChI is InChI=1S/C24H43NO3/c1-22-10-4-3-5-18(22)6-7-19-20(22)8-11-23(2)21(19)9-12-24(23,28)17-25(13-15-26)14-16-27/h18-21,26-28H,3-17H2,1-2H3/t18-,19-,20+,21+,22+,23+,24-/m1/s1. The van der Waals surface area contributed by atoms with E-state index in [4.69, 9.17) is 0 Å². The fourth-order valence-electron chi connectivity index (χ4n) is 8.59. The SMILES string of the molecule is C[C@]12CCCC[C@@H]1CC[C@@H]1[C@@H]2CC[C@@]2(C)[C@H]1CC[C@@]2(O)CN(CCO)CCO. The monoisotopic (exact) mass is 393 g/mol. The summed E-state index contributed by atoms with van der Waals surface area (Å²) in [5, 5.41) is 30.7.